The Morgan fingerprint density at radius 3 is 2.58 bits per heavy atom. The number of halogens is 1. The van der Waals surface area contributed by atoms with E-state index in [1.54, 1.807) is 13.2 Å². The Balaban J connectivity index is 1.74. The van der Waals surface area contributed by atoms with Crippen molar-refractivity contribution in [3.63, 3.8) is 0 Å². The lowest BCUT2D eigenvalue weighted by Gasteiger charge is -2.21. The molecule has 1 aliphatic heterocycles. The van der Waals surface area contributed by atoms with Crippen LogP contribution >= 0.6 is 11.3 Å². The number of nitrogens with zero attached hydrogens (tertiary/aromatic N) is 3. The average molecular weight is 367 g/mol. The number of hydrazone groups is 1. The molecule has 0 N–H and O–H groups in total. The van der Waals surface area contributed by atoms with Gasteiger partial charge in [-0.15, -0.1) is 11.3 Å². The van der Waals surface area contributed by atoms with Crippen LogP contribution < -0.4 is 9.75 Å². The summed E-state index contributed by atoms with van der Waals surface area (Å²) in [5.41, 5.74) is 3.48. The minimum Gasteiger partial charge on any atom is -0.497 e. The molecule has 0 saturated carbocycles. The maximum absolute atomic E-state index is 14.5. The molecule has 4 nitrogen and oxygen atoms in total. The zero-order chi connectivity index (χ0) is 18.1. The molecule has 0 fully saturated rings. The van der Waals surface area contributed by atoms with Crippen LogP contribution in [0.1, 0.15) is 29.3 Å². The van der Waals surface area contributed by atoms with Crippen LogP contribution in [0.3, 0.4) is 0 Å². The van der Waals surface area contributed by atoms with Gasteiger partial charge in [0.1, 0.15) is 11.6 Å². The van der Waals surface area contributed by atoms with Crippen LogP contribution in [0.15, 0.2) is 59.0 Å². The molecule has 0 saturated heterocycles. The SMILES string of the molecule is COc1ccc(C2=NN(c3nc(C)cs3)[C@@H](c3ccccc3F)C2)cc1. The molecule has 0 unspecified atom stereocenters. The van der Waals surface area contributed by atoms with E-state index in [-0.39, 0.29) is 11.9 Å². The van der Waals surface area contributed by atoms with Crippen molar-refractivity contribution in [3.8, 4) is 5.75 Å². The van der Waals surface area contributed by atoms with Gasteiger partial charge in [-0.3, -0.25) is 0 Å². The summed E-state index contributed by atoms with van der Waals surface area (Å²) in [4.78, 5) is 4.55. The summed E-state index contributed by atoms with van der Waals surface area (Å²) in [7, 11) is 1.64. The van der Waals surface area contributed by atoms with Gasteiger partial charge in [0.25, 0.3) is 0 Å². The van der Waals surface area contributed by atoms with Crippen molar-refractivity contribution in [2.24, 2.45) is 5.10 Å². The Bertz CT molecular complexity index is 952. The lowest BCUT2D eigenvalue weighted by Crippen LogP contribution is -2.19. The Hall–Kier alpha value is -2.73. The predicted octanol–water partition coefficient (Wildman–Crippen LogP) is 4.95. The monoisotopic (exact) mass is 367 g/mol. The van der Waals surface area contributed by atoms with Crippen molar-refractivity contribution in [2.45, 2.75) is 19.4 Å². The first-order valence-corrected chi connectivity index (χ1v) is 9.21. The molecule has 0 bridgehead atoms. The Morgan fingerprint density at radius 1 is 1.15 bits per heavy atom. The normalized spacial score (nSPS) is 16.7. The molecule has 3 aromatic rings. The minimum absolute atomic E-state index is 0.209. The molecule has 0 spiro atoms. The fourth-order valence-electron chi connectivity index (χ4n) is 3.08. The number of methoxy groups -OCH3 is 1. The lowest BCUT2D eigenvalue weighted by atomic mass is 9.98. The third kappa shape index (κ3) is 3.08. The number of anilines is 1. The molecular weight excluding hydrogens is 349 g/mol. The van der Waals surface area contributed by atoms with Crippen molar-refractivity contribution in [2.75, 3.05) is 12.1 Å². The molecule has 4 rings (SSSR count). The number of rotatable bonds is 4. The van der Waals surface area contributed by atoms with Crippen molar-refractivity contribution < 1.29 is 9.13 Å². The third-order valence-electron chi connectivity index (χ3n) is 4.40. The van der Waals surface area contributed by atoms with Crippen LogP contribution in [0.4, 0.5) is 9.52 Å². The molecule has 0 aliphatic carbocycles. The molecular formula is C20H18FN3OS. The smallest absolute Gasteiger partial charge is 0.206 e. The number of aromatic nitrogens is 1. The zero-order valence-electron chi connectivity index (χ0n) is 14.5. The fraction of sp³-hybridized carbons (Fsp3) is 0.200. The molecule has 2 heterocycles. The highest BCUT2D eigenvalue weighted by Gasteiger charge is 2.33. The summed E-state index contributed by atoms with van der Waals surface area (Å²) < 4.78 is 19.7. The Labute approximate surface area is 155 Å². The van der Waals surface area contributed by atoms with Crippen LogP contribution in [0.2, 0.25) is 0 Å². The van der Waals surface area contributed by atoms with Crippen LogP contribution in [0, 0.1) is 12.7 Å². The molecule has 132 valence electrons. The van der Waals surface area contributed by atoms with E-state index in [1.807, 2.05) is 53.7 Å². The number of aryl methyl sites for hydroxylation is 1. The largest absolute Gasteiger partial charge is 0.497 e. The summed E-state index contributed by atoms with van der Waals surface area (Å²) in [6.45, 7) is 1.95. The van der Waals surface area contributed by atoms with Crippen molar-refractivity contribution in [3.05, 3.63) is 76.5 Å². The molecule has 0 amide bonds. The van der Waals surface area contributed by atoms with Crippen molar-refractivity contribution in [1.82, 2.24) is 4.98 Å². The van der Waals surface area contributed by atoms with E-state index in [0.717, 1.165) is 27.9 Å². The number of thiazole rings is 1. The first kappa shape index (κ1) is 16.7. The first-order valence-electron chi connectivity index (χ1n) is 8.33. The second-order valence-corrected chi connectivity index (χ2v) is 6.97. The van der Waals surface area contributed by atoms with Crippen LogP contribution in [0.5, 0.6) is 5.75 Å². The summed E-state index contributed by atoms with van der Waals surface area (Å²) in [5.74, 6) is 0.576. The van der Waals surface area contributed by atoms with Gasteiger partial charge >= 0.3 is 0 Å². The van der Waals surface area contributed by atoms with Gasteiger partial charge in [-0.1, -0.05) is 18.2 Å². The third-order valence-corrected chi connectivity index (χ3v) is 5.35. The van der Waals surface area contributed by atoms with Crippen LogP contribution in [-0.2, 0) is 0 Å². The Morgan fingerprint density at radius 2 is 1.92 bits per heavy atom. The van der Waals surface area contributed by atoms with Gasteiger partial charge in [0.2, 0.25) is 5.13 Å². The quantitative estimate of drug-likeness (QED) is 0.654. The molecule has 1 aromatic heterocycles. The molecule has 2 aromatic carbocycles. The topological polar surface area (TPSA) is 37.7 Å². The van der Waals surface area contributed by atoms with Crippen molar-refractivity contribution >= 4 is 22.2 Å². The van der Waals surface area contributed by atoms with E-state index < -0.39 is 0 Å². The van der Waals surface area contributed by atoms with Gasteiger partial charge in [-0.2, -0.15) is 5.10 Å². The minimum atomic E-state index is -0.220. The molecule has 1 atom stereocenters. The summed E-state index contributed by atoms with van der Waals surface area (Å²) in [6, 6.07) is 14.4. The van der Waals surface area contributed by atoms with Gasteiger partial charge in [0, 0.05) is 17.4 Å². The van der Waals surface area contributed by atoms with E-state index in [9.17, 15) is 4.39 Å². The van der Waals surface area contributed by atoms with E-state index in [4.69, 9.17) is 9.84 Å². The second-order valence-electron chi connectivity index (χ2n) is 6.13. The van der Waals surface area contributed by atoms with E-state index in [0.29, 0.717) is 12.0 Å². The number of hydrogen-bond acceptors (Lipinski definition) is 5. The second kappa shape index (κ2) is 6.88. The molecule has 1 aliphatic rings. The lowest BCUT2D eigenvalue weighted by molar-refractivity contribution is 0.415. The Kier molecular flexibility index (Phi) is 4.42. The van der Waals surface area contributed by atoms with Gasteiger partial charge < -0.3 is 4.74 Å². The first-order chi connectivity index (χ1) is 12.7. The highest BCUT2D eigenvalue weighted by molar-refractivity contribution is 7.13. The summed E-state index contributed by atoms with van der Waals surface area (Å²) >= 11 is 1.52. The standard InChI is InChI=1S/C20H18FN3OS/c1-13-12-26-20(22-13)24-19(16-5-3-4-6-17(16)21)11-18(23-24)14-7-9-15(25-2)10-8-14/h3-10,12,19H,11H2,1-2H3/t19-/m1/s1. The van der Waals surface area contributed by atoms with Crippen LogP contribution in [0.25, 0.3) is 0 Å². The number of benzene rings is 2. The van der Waals surface area contributed by atoms with E-state index >= 15 is 0 Å². The molecule has 26 heavy (non-hydrogen) atoms. The average Bonchev–Trinajstić information content (AvgIpc) is 3.28. The molecule has 0 radical (unpaired) electrons. The van der Waals surface area contributed by atoms with E-state index in [1.165, 1.54) is 17.4 Å². The van der Waals surface area contributed by atoms with Crippen molar-refractivity contribution in [1.29, 1.82) is 0 Å². The maximum atomic E-state index is 14.5. The number of hydrogen-bond donors (Lipinski definition) is 0. The van der Waals surface area contributed by atoms with E-state index in [2.05, 4.69) is 4.98 Å². The van der Waals surface area contributed by atoms with Gasteiger partial charge in [0.05, 0.1) is 24.6 Å². The maximum Gasteiger partial charge on any atom is 0.206 e. The highest BCUT2D eigenvalue weighted by Crippen LogP contribution is 2.38. The summed E-state index contributed by atoms with van der Waals surface area (Å²) in [5, 5.41) is 9.39. The van der Waals surface area contributed by atoms with Gasteiger partial charge in [-0.25, -0.2) is 14.4 Å². The zero-order valence-corrected chi connectivity index (χ0v) is 15.3. The predicted molar refractivity (Wildman–Crippen MR) is 103 cm³/mol. The van der Waals surface area contributed by atoms with Gasteiger partial charge in [-0.05, 0) is 42.8 Å². The fourth-order valence-corrected chi connectivity index (χ4v) is 3.88. The van der Waals surface area contributed by atoms with Gasteiger partial charge in [0.15, 0.2) is 0 Å². The van der Waals surface area contributed by atoms with Crippen LogP contribution in [-0.4, -0.2) is 17.8 Å². The highest BCUT2D eigenvalue weighted by atomic mass is 32.1. The molecule has 6 heteroatoms. The number of ether oxygens (including phenoxy) is 1. The summed E-state index contributed by atoms with van der Waals surface area (Å²) in [6.07, 6.45) is 0.617.